The maximum absolute atomic E-state index is 13.9. The van der Waals surface area contributed by atoms with Crippen molar-refractivity contribution in [3.8, 4) is 11.5 Å². The van der Waals surface area contributed by atoms with Gasteiger partial charge in [-0.2, -0.15) is 10.1 Å². The monoisotopic (exact) mass is 517 g/mol. The van der Waals surface area contributed by atoms with Crippen molar-refractivity contribution < 1.29 is 23.8 Å². The first-order chi connectivity index (χ1) is 18.4. The van der Waals surface area contributed by atoms with Crippen LogP contribution < -0.4 is 9.47 Å². The summed E-state index contributed by atoms with van der Waals surface area (Å²) in [6.07, 6.45) is 6.24. The fourth-order valence-electron chi connectivity index (χ4n) is 5.13. The van der Waals surface area contributed by atoms with E-state index in [0.717, 1.165) is 49.0 Å². The number of nitrogens with zero attached hydrogens (tertiary/aromatic N) is 3. The Kier molecular flexibility index (Phi) is 7.67. The number of hydrogen-bond acceptors (Lipinski definition) is 6. The Labute approximate surface area is 223 Å². The molecule has 1 heterocycles. The molecule has 3 aliphatic rings. The molecule has 2 bridgehead atoms. The third kappa shape index (κ3) is 6.01. The number of carbonyl (C=O) groups excluding carboxylic acids is 2. The van der Waals surface area contributed by atoms with Crippen molar-refractivity contribution >= 4 is 17.7 Å². The van der Waals surface area contributed by atoms with Gasteiger partial charge in [0.15, 0.2) is 0 Å². The topological polar surface area (TPSA) is 80.7 Å². The number of amides is 2. The minimum Gasteiger partial charge on any atom is -0.496 e. The molecule has 0 saturated heterocycles. The third-order valence-corrected chi connectivity index (χ3v) is 6.98. The first-order valence-corrected chi connectivity index (χ1v) is 13.3. The maximum atomic E-state index is 13.9. The number of benzene rings is 2. The van der Waals surface area contributed by atoms with Crippen molar-refractivity contribution in [3.63, 3.8) is 0 Å². The van der Waals surface area contributed by atoms with Gasteiger partial charge in [0.25, 0.3) is 5.91 Å². The normalized spacial score (nSPS) is 18.7. The lowest BCUT2D eigenvalue weighted by Crippen LogP contribution is -2.42. The predicted molar refractivity (Wildman–Crippen MR) is 144 cm³/mol. The molecule has 0 N–H and O–H groups in total. The summed E-state index contributed by atoms with van der Waals surface area (Å²) in [4.78, 5) is 28.7. The number of carbonyl (C=O) groups is 2. The van der Waals surface area contributed by atoms with Crippen LogP contribution in [0.15, 0.2) is 65.4 Å². The molecule has 0 aromatic heterocycles. The van der Waals surface area contributed by atoms with E-state index < -0.39 is 6.09 Å². The second kappa shape index (κ2) is 11.3. The summed E-state index contributed by atoms with van der Waals surface area (Å²) in [5.41, 5.74) is 3.49. The Morgan fingerprint density at radius 2 is 1.87 bits per heavy atom. The molecule has 0 radical (unpaired) electrons. The molecular weight excluding hydrogens is 482 g/mol. The standard InChI is InChI=1S/C30H35N3O5/c1-20(2)38-26-13-14-27(28(17-26)36-3)29(34)33(24-11-12-24)25-10-9-23-15-22(16-25)18-32(31-23)30(35)37-19-21-7-5-4-6-8-21/h4-8,13-14,17-18,20,24-25H,9-12,15-16,19H2,1-3H3. The van der Waals surface area contributed by atoms with E-state index in [1.807, 2.05) is 55.1 Å². The van der Waals surface area contributed by atoms with Gasteiger partial charge in [-0.1, -0.05) is 30.3 Å². The van der Waals surface area contributed by atoms with E-state index in [-0.39, 0.29) is 30.7 Å². The summed E-state index contributed by atoms with van der Waals surface area (Å²) in [5.74, 6) is 1.17. The third-order valence-electron chi connectivity index (χ3n) is 6.98. The van der Waals surface area contributed by atoms with Gasteiger partial charge in [0.05, 0.1) is 18.8 Å². The second-order valence-corrected chi connectivity index (χ2v) is 10.4. The molecule has 8 heteroatoms. The largest absolute Gasteiger partial charge is 0.496 e. The van der Waals surface area contributed by atoms with Crippen LogP contribution in [-0.2, 0) is 11.3 Å². The van der Waals surface area contributed by atoms with Crippen LogP contribution in [0.4, 0.5) is 4.79 Å². The van der Waals surface area contributed by atoms with Gasteiger partial charge in [-0.3, -0.25) is 4.79 Å². The van der Waals surface area contributed by atoms with Crippen molar-refractivity contribution in [1.29, 1.82) is 0 Å². The van der Waals surface area contributed by atoms with Crippen LogP contribution in [0.1, 0.15) is 68.3 Å². The number of fused-ring (bicyclic) bond motifs is 2. The average Bonchev–Trinajstić information content (AvgIpc) is 3.76. The average molecular weight is 518 g/mol. The molecule has 2 saturated carbocycles. The maximum Gasteiger partial charge on any atom is 0.434 e. The molecule has 2 aliphatic carbocycles. The van der Waals surface area contributed by atoms with Gasteiger partial charge in [0.2, 0.25) is 0 Å². The van der Waals surface area contributed by atoms with E-state index in [4.69, 9.17) is 14.2 Å². The van der Waals surface area contributed by atoms with Crippen LogP contribution in [0.3, 0.4) is 0 Å². The molecule has 5 rings (SSSR count). The minimum absolute atomic E-state index is 0.0190. The lowest BCUT2D eigenvalue weighted by molar-refractivity contribution is 0.0648. The molecule has 8 nitrogen and oxygen atoms in total. The Balaban J connectivity index is 1.31. The zero-order valence-corrected chi connectivity index (χ0v) is 22.3. The summed E-state index contributed by atoms with van der Waals surface area (Å²) >= 11 is 0. The molecule has 2 aromatic rings. The van der Waals surface area contributed by atoms with Crippen LogP contribution in [0.2, 0.25) is 0 Å². The molecule has 2 amide bonds. The van der Waals surface area contributed by atoms with Gasteiger partial charge in [-0.15, -0.1) is 0 Å². The van der Waals surface area contributed by atoms with Crippen LogP contribution in [0, 0.1) is 0 Å². The van der Waals surface area contributed by atoms with E-state index in [2.05, 4.69) is 5.10 Å². The van der Waals surface area contributed by atoms with Gasteiger partial charge in [-0.25, -0.2) is 4.79 Å². The fraction of sp³-hybridized carbons (Fsp3) is 0.433. The lowest BCUT2D eigenvalue weighted by atomic mass is 10.0. The first kappa shape index (κ1) is 25.8. The Bertz CT molecular complexity index is 1240. The highest BCUT2D eigenvalue weighted by Crippen LogP contribution is 2.38. The highest BCUT2D eigenvalue weighted by molar-refractivity contribution is 5.98. The van der Waals surface area contributed by atoms with E-state index in [1.165, 1.54) is 5.01 Å². The van der Waals surface area contributed by atoms with Crippen LogP contribution in [0.5, 0.6) is 11.5 Å². The van der Waals surface area contributed by atoms with Crippen molar-refractivity contribution in [2.45, 2.75) is 77.2 Å². The Morgan fingerprint density at radius 3 is 2.58 bits per heavy atom. The summed E-state index contributed by atoms with van der Waals surface area (Å²) in [6.45, 7) is 4.12. The van der Waals surface area contributed by atoms with Gasteiger partial charge in [0, 0.05) is 36.5 Å². The fourth-order valence-corrected chi connectivity index (χ4v) is 5.13. The van der Waals surface area contributed by atoms with E-state index in [9.17, 15) is 9.59 Å². The molecule has 1 aliphatic heterocycles. The van der Waals surface area contributed by atoms with Gasteiger partial charge >= 0.3 is 6.09 Å². The number of hydrazone groups is 1. The van der Waals surface area contributed by atoms with Crippen LogP contribution in [-0.4, -0.2) is 52.9 Å². The van der Waals surface area contributed by atoms with Crippen molar-refractivity contribution in [1.82, 2.24) is 9.91 Å². The van der Waals surface area contributed by atoms with Crippen molar-refractivity contribution in [2.24, 2.45) is 5.10 Å². The summed E-state index contributed by atoms with van der Waals surface area (Å²) < 4.78 is 16.9. The Morgan fingerprint density at radius 1 is 1.08 bits per heavy atom. The van der Waals surface area contributed by atoms with E-state index in [0.29, 0.717) is 23.5 Å². The molecule has 1 unspecified atom stereocenters. The van der Waals surface area contributed by atoms with Gasteiger partial charge in [0.1, 0.15) is 18.1 Å². The lowest BCUT2D eigenvalue weighted by Gasteiger charge is -2.32. The predicted octanol–water partition coefficient (Wildman–Crippen LogP) is 5.92. The van der Waals surface area contributed by atoms with E-state index >= 15 is 0 Å². The van der Waals surface area contributed by atoms with Crippen molar-refractivity contribution in [3.05, 3.63) is 71.4 Å². The van der Waals surface area contributed by atoms with Gasteiger partial charge < -0.3 is 19.1 Å². The number of hydrogen-bond donors (Lipinski definition) is 0. The summed E-state index contributed by atoms with van der Waals surface area (Å²) in [7, 11) is 1.58. The van der Waals surface area contributed by atoms with Crippen LogP contribution in [0.25, 0.3) is 0 Å². The second-order valence-electron chi connectivity index (χ2n) is 10.4. The summed E-state index contributed by atoms with van der Waals surface area (Å²) in [5, 5.41) is 5.87. The van der Waals surface area contributed by atoms with Crippen LogP contribution >= 0.6 is 0 Å². The smallest absolute Gasteiger partial charge is 0.434 e. The molecule has 1 atom stereocenters. The van der Waals surface area contributed by atoms with Gasteiger partial charge in [-0.05, 0) is 69.2 Å². The number of rotatable bonds is 8. The highest BCUT2D eigenvalue weighted by atomic mass is 16.6. The van der Waals surface area contributed by atoms with E-state index in [1.54, 1.807) is 25.4 Å². The Hall–Kier alpha value is -3.81. The zero-order valence-electron chi connectivity index (χ0n) is 22.3. The molecular formula is C30H35N3O5. The molecule has 38 heavy (non-hydrogen) atoms. The summed E-state index contributed by atoms with van der Waals surface area (Å²) in [6, 6.07) is 15.2. The minimum atomic E-state index is -0.495. The molecule has 2 aromatic carbocycles. The number of ether oxygens (including phenoxy) is 3. The zero-order chi connectivity index (χ0) is 26.6. The quantitative estimate of drug-likeness (QED) is 0.434. The highest BCUT2D eigenvalue weighted by Gasteiger charge is 2.40. The first-order valence-electron chi connectivity index (χ1n) is 13.3. The molecule has 0 spiro atoms. The number of methoxy groups -OCH3 is 1. The van der Waals surface area contributed by atoms with Crippen molar-refractivity contribution in [2.75, 3.05) is 7.11 Å². The molecule has 2 fully saturated rings. The molecule has 200 valence electrons. The SMILES string of the molecule is COc1cc(OC(C)C)ccc1C(=O)N(C1CC1)C1CCC2=NN(C(=O)OCc3ccccc3)C=C(C2)C1.